The molecular weight excluding hydrogens is 392 g/mol. The molecule has 0 aliphatic heterocycles. The van der Waals surface area contributed by atoms with Crippen LogP contribution in [0.5, 0.6) is 0 Å². The van der Waals surface area contributed by atoms with Crippen molar-refractivity contribution in [2.75, 3.05) is 5.43 Å². The van der Waals surface area contributed by atoms with Gasteiger partial charge in [-0.1, -0.05) is 40.9 Å². The average Bonchev–Trinajstić information content (AvgIpc) is 2.99. The Morgan fingerprint density at radius 2 is 1.96 bits per heavy atom. The van der Waals surface area contributed by atoms with Crippen LogP contribution in [0.2, 0.25) is 15.1 Å². The van der Waals surface area contributed by atoms with Crippen LogP contribution in [-0.2, 0) is 0 Å². The Bertz CT molecular complexity index is 891. The van der Waals surface area contributed by atoms with Gasteiger partial charge in [-0.15, -0.1) is 11.3 Å². The normalized spacial score (nSPS) is 11.2. The molecule has 1 N–H and O–H groups in total. The largest absolute Gasteiger partial charge is 0.253 e. The highest BCUT2D eigenvalue weighted by Crippen LogP contribution is 2.32. The smallest absolute Gasteiger partial charge is 0.203 e. The van der Waals surface area contributed by atoms with Crippen molar-refractivity contribution < 1.29 is 4.39 Å². The molecule has 8 heteroatoms. The lowest BCUT2D eigenvalue weighted by Gasteiger charge is -2.01. The Labute approximate surface area is 156 Å². The molecule has 0 amide bonds. The quantitative estimate of drug-likeness (QED) is 0.409. The third-order valence-corrected chi connectivity index (χ3v) is 4.69. The summed E-state index contributed by atoms with van der Waals surface area (Å²) < 4.78 is 13.6. The third-order valence-electron chi connectivity index (χ3n) is 3.06. The number of anilines is 1. The zero-order valence-electron chi connectivity index (χ0n) is 11.9. The van der Waals surface area contributed by atoms with E-state index in [1.807, 2.05) is 5.38 Å². The van der Waals surface area contributed by atoms with E-state index in [1.54, 1.807) is 24.3 Å². The average molecular weight is 401 g/mol. The lowest BCUT2D eigenvalue weighted by Crippen LogP contribution is -1.94. The third kappa shape index (κ3) is 3.87. The highest BCUT2D eigenvalue weighted by atomic mass is 35.5. The van der Waals surface area contributed by atoms with Gasteiger partial charge in [-0.2, -0.15) is 5.10 Å². The fourth-order valence-electron chi connectivity index (χ4n) is 1.93. The summed E-state index contributed by atoms with van der Waals surface area (Å²) in [4.78, 5) is 4.39. The number of hydrogen-bond acceptors (Lipinski definition) is 4. The number of rotatable bonds is 4. The van der Waals surface area contributed by atoms with Crippen LogP contribution in [0.4, 0.5) is 9.52 Å². The lowest BCUT2D eigenvalue weighted by molar-refractivity contribution is 0.626. The van der Waals surface area contributed by atoms with Gasteiger partial charge >= 0.3 is 0 Å². The number of nitrogens with zero attached hydrogens (tertiary/aromatic N) is 2. The van der Waals surface area contributed by atoms with Crippen LogP contribution in [-0.4, -0.2) is 11.2 Å². The van der Waals surface area contributed by atoms with E-state index in [2.05, 4.69) is 15.5 Å². The minimum atomic E-state index is -0.444. The Hall–Kier alpha value is -1.66. The summed E-state index contributed by atoms with van der Waals surface area (Å²) in [7, 11) is 0. The van der Waals surface area contributed by atoms with E-state index in [1.165, 1.54) is 29.7 Å². The van der Waals surface area contributed by atoms with Gasteiger partial charge in [0.1, 0.15) is 5.82 Å². The number of benzene rings is 2. The van der Waals surface area contributed by atoms with Gasteiger partial charge in [0, 0.05) is 21.5 Å². The highest BCUT2D eigenvalue weighted by Gasteiger charge is 2.09. The predicted octanol–water partition coefficient (Wildman–Crippen LogP) is 6.36. The van der Waals surface area contributed by atoms with Crippen LogP contribution in [0.15, 0.2) is 46.9 Å². The van der Waals surface area contributed by atoms with Gasteiger partial charge in [0.05, 0.1) is 22.0 Å². The molecule has 1 aromatic heterocycles. The number of hydrazone groups is 1. The van der Waals surface area contributed by atoms with Crippen LogP contribution < -0.4 is 5.43 Å². The molecule has 0 bridgehead atoms. The molecule has 0 atom stereocenters. The first kappa shape index (κ1) is 17.2. The molecule has 0 fully saturated rings. The summed E-state index contributed by atoms with van der Waals surface area (Å²) in [5, 5.41) is 7.71. The van der Waals surface area contributed by atoms with Gasteiger partial charge in [-0.05, 0) is 30.3 Å². The van der Waals surface area contributed by atoms with Crippen LogP contribution in [0.1, 0.15) is 5.56 Å². The van der Waals surface area contributed by atoms with Gasteiger partial charge in [0.15, 0.2) is 0 Å². The maximum Gasteiger partial charge on any atom is 0.203 e. The second kappa shape index (κ2) is 7.49. The van der Waals surface area contributed by atoms with Crippen molar-refractivity contribution >= 4 is 57.5 Å². The summed E-state index contributed by atoms with van der Waals surface area (Å²) in [6, 6.07) is 9.64. The Kier molecular flexibility index (Phi) is 5.36. The van der Waals surface area contributed by atoms with Gasteiger partial charge in [-0.3, -0.25) is 5.43 Å². The molecule has 24 heavy (non-hydrogen) atoms. The van der Waals surface area contributed by atoms with Crippen molar-refractivity contribution in [1.82, 2.24) is 4.98 Å². The van der Waals surface area contributed by atoms with Crippen LogP contribution in [0.3, 0.4) is 0 Å². The Morgan fingerprint density at radius 1 is 1.12 bits per heavy atom. The van der Waals surface area contributed by atoms with Gasteiger partial charge in [0.25, 0.3) is 0 Å². The summed E-state index contributed by atoms with van der Waals surface area (Å²) in [5.41, 5.74) is 4.43. The second-order valence-corrected chi connectivity index (χ2v) is 6.78. The molecule has 3 rings (SSSR count). The Balaban J connectivity index is 1.76. The fraction of sp³-hybridized carbons (Fsp3) is 0. The number of thiazole rings is 1. The standard InChI is InChI=1S/C16H9Cl3FN3S/c17-9-4-5-10(13(19)6-9)15-8-24-16(22-15)23-21-7-11-12(18)2-1-3-14(11)20/h1-8H,(H,22,23)/b21-7-. The minimum absolute atomic E-state index is 0.212. The zero-order chi connectivity index (χ0) is 17.1. The number of nitrogens with one attached hydrogen (secondary N) is 1. The van der Waals surface area contributed by atoms with E-state index in [4.69, 9.17) is 34.8 Å². The highest BCUT2D eigenvalue weighted by molar-refractivity contribution is 7.14. The molecule has 122 valence electrons. The number of hydrogen-bond donors (Lipinski definition) is 1. The van der Waals surface area contributed by atoms with Gasteiger partial charge in [0.2, 0.25) is 5.13 Å². The van der Waals surface area contributed by atoms with Gasteiger partial charge < -0.3 is 0 Å². The molecule has 0 aliphatic rings. The molecule has 3 aromatic rings. The first-order valence-corrected chi connectivity index (χ1v) is 8.70. The van der Waals surface area contributed by atoms with Crippen LogP contribution >= 0.6 is 46.1 Å². The zero-order valence-corrected chi connectivity index (χ0v) is 15.0. The molecule has 0 saturated carbocycles. The van der Waals surface area contributed by atoms with E-state index < -0.39 is 5.82 Å². The SMILES string of the molecule is Fc1cccc(Cl)c1/C=N\Nc1nc(-c2ccc(Cl)cc2Cl)cs1. The molecular formula is C16H9Cl3FN3S. The Morgan fingerprint density at radius 3 is 2.71 bits per heavy atom. The van der Waals surface area contributed by atoms with E-state index in [0.29, 0.717) is 20.9 Å². The molecule has 0 unspecified atom stereocenters. The molecule has 0 radical (unpaired) electrons. The van der Waals surface area contributed by atoms with Crippen molar-refractivity contribution in [3.8, 4) is 11.3 Å². The maximum atomic E-state index is 13.6. The summed E-state index contributed by atoms with van der Waals surface area (Å²) in [6.07, 6.45) is 1.31. The molecule has 0 spiro atoms. The topological polar surface area (TPSA) is 37.3 Å². The lowest BCUT2D eigenvalue weighted by atomic mass is 10.2. The van der Waals surface area contributed by atoms with E-state index in [9.17, 15) is 4.39 Å². The molecule has 0 saturated heterocycles. The van der Waals surface area contributed by atoms with E-state index >= 15 is 0 Å². The number of aromatic nitrogens is 1. The van der Waals surface area contributed by atoms with Crippen molar-refractivity contribution in [2.45, 2.75) is 0 Å². The minimum Gasteiger partial charge on any atom is -0.253 e. The second-order valence-electron chi connectivity index (χ2n) is 4.67. The number of halogens is 4. The van der Waals surface area contributed by atoms with Crippen LogP contribution in [0.25, 0.3) is 11.3 Å². The summed E-state index contributed by atoms with van der Waals surface area (Å²) >= 11 is 19.3. The van der Waals surface area contributed by atoms with Crippen molar-refractivity contribution in [2.24, 2.45) is 5.10 Å². The maximum absolute atomic E-state index is 13.6. The van der Waals surface area contributed by atoms with Crippen LogP contribution in [0, 0.1) is 5.82 Å². The van der Waals surface area contributed by atoms with Crippen molar-refractivity contribution in [3.05, 3.63) is 68.2 Å². The monoisotopic (exact) mass is 399 g/mol. The van der Waals surface area contributed by atoms with E-state index in [0.717, 1.165) is 5.56 Å². The summed E-state index contributed by atoms with van der Waals surface area (Å²) in [6.45, 7) is 0. The molecule has 0 aliphatic carbocycles. The first-order chi connectivity index (χ1) is 11.5. The summed E-state index contributed by atoms with van der Waals surface area (Å²) in [5.74, 6) is -0.444. The molecule has 1 heterocycles. The van der Waals surface area contributed by atoms with Gasteiger partial charge in [-0.25, -0.2) is 9.37 Å². The first-order valence-electron chi connectivity index (χ1n) is 6.68. The van der Waals surface area contributed by atoms with Crippen molar-refractivity contribution in [3.63, 3.8) is 0 Å². The fourth-order valence-corrected chi connectivity index (χ4v) is 3.31. The molecule has 3 nitrogen and oxygen atoms in total. The predicted molar refractivity (Wildman–Crippen MR) is 100 cm³/mol. The molecule has 2 aromatic carbocycles. The van der Waals surface area contributed by atoms with Crippen molar-refractivity contribution in [1.29, 1.82) is 0 Å². The van der Waals surface area contributed by atoms with E-state index in [-0.39, 0.29) is 10.6 Å².